The van der Waals surface area contributed by atoms with Gasteiger partial charge in [-0.25, -0.2) is 12.8 Å². The van der Waals surface area contributed by atoms with Crippen molar-refractivity contribution in [3.05, 3.63) is 126 Å². The Bertz CT molecular complexity index is 1720. The number of hydrogen-bond acceptors (Lipinski definition) is 5. The average Bonchev–Trinajstić information content (AvgIpc) is 3.06. The lowest BCUT2D eigenvalue weighted by Gasteiger charge is -2.34. The number of halogens is 1. The summed E-state index contributed by atoms with van der Waals surface area (Å²) in [4.78, 5) is 29.8. The zero-order valence-corrected chi connectivity index (χ0v) is 27.3. The molecular formula is C36H40FN3O5S. The Morgan fingerprint density at radius 1 is 0.891 bits per heavy atom. The Morgan fingerprint density at radius 3 is 2.17 bits per heavy atom. The molecule has 10 heteroatoms. The standard InChI is InChI=1S/C36H40FN3O5S/c1-5-27(3)38-36(42)34(23-28-10-7-6-8-11-28)39(24-29-12-9-13-32(22-29)45-4)35(41)25-40(31-18-16-30(37)17-19-31)46(43,44)33-20-14-26(2)15-21-33/h6-22,27,34H,5,23-25H2,1-4H3,(H,38,42)/t27-,34-/m0/s1. The fourth-order valence-corrected chi connectivity index (χ4v) is 6.35. The maximum Gasteiger partial charge on any atom is 0.264 e. The molecule has 0 aromatic heterocycles. The molecular weight excluding hydrogens is 605 g/mol. The van der Waals surface area contributed by atoms with E-state index in [0.717, 1.165) is 27.6 Å². The Labute approximate surface area is 270 Å². The van der Waals surface area contributed by atoms with Crippen LogP contribution in [0, 0.1) is 12.7 Å². The van der Waals surface area contributed by atoms with Gasteiger partial charge >= 0.3 is 0 Å². The molecule has 0 spiro atoms. The molecule has 0 fully saturated rings. The van der Waals surface area contributed by atoms with Crippen molar-refractivity contribution in [2.24, 2.45) is 0 Å². The highest BCUT2D eigenvalue weighted by Gasteiger charge is 2.35. The molecule has 4 aromatic rings. The molecule has 0 heterocycles. The summed E-state index contributed by atoms with van der Waals surface area (Å²) in [6, 6.07) is 26.6. The van der Waals surface area contributed by atoms with E-state index in [-0.39, 0.29) is 35.5 Å². The number of amides is 2. The van der Waals surface area contributed by atoms with Gasteiger partial charge in [0.05, 0.1) is 17.7 Å². The molecule has 2 atom stereocenters. The van der Waals surface area contributed by atoms with Crippen LogP contribution in [0.25, 0.3) is 0 Å². The number of methoxy groups -OCH3 is 1. The van der Waals surface area contributed by atoms with Gasteiger partial charge in [0.2, 0.25) is 11.8 Å². The smallest absolute Gasteiger partial charge is 0.264 e. The van der Waals surface area contributed by atoms with Crippen LogP contribution in [-0.2, 0) is 32.6 Å². The van der Waals surface area contributed by atoms with Gasteiger partial charge in [-0.3, -0.25) is 13.9 Å². The molecule has 242 valence electrons. The van der Waals surface area contributed by atoms with Crippen molar-refractivity contribution >= 4 is 27.5 Å². The van der Waals surface area contributed by atoms with E-state index in [1.807, 2.05) is 57.2 Å². The molecule has 0 saturated carbocycles. The maximum absolute atomic E-state index is 14.5. The van der Waals surface area contributed by atoms with Crippen LogP contribution in [0.15, 0.2) is 108 Å². The van der Waals surface area contributed by atoms with E-state index in [1.165, 1.54) is 36.3 Å². The highest BCUT2D eigenvalue weighted by molar-refractivity contribution is 7.92. The number of rotatable bonds is 14. The third-order valence-electron chi connectivity index (χ3n) is 7.76. The Hall–Kier alpha value is -4.70. The van der Waals surface area contributed by atoms with Crippen molar-refractivity contribution in [2.45, 2.75) is 57.1 Å². The van der Waals surface area contributed by atoms with Crippen LogP contribution in [0.5, 0.6) is 5.75 Å². The van der Waals surface area contributed by atoms with Crippen molar-refractivity contribution in [1.29, 1.82) is 0 Å². The van der Waals surface area contributed by atoms with Gasteiger partial charge in [0, 0.05) is 19.0 Å². The van der Waals surface area contributed by atoms with Crippen LogP contribution in [0.4, 0.5) is 10.1 Å². The van der Waals surface area contributed by atoms with Crippen LogP contribution in [0.2, 0.25) is 0 Å². The summed E-state index contributed by atoms with van der Waals surface area (Å²) in [6.45, 7) is 5.05. The lowest BCUT2D eigenvalue weighted by molar-refractivity contribution is -0.140. The van der Waals surface area contributed by atoms with Crippen LogP contribution < -0.4 is 14.4 Å². The first-order chi connectivity index (χ1) is 22.0. The molecule has 0 saturated heterocycles. The minimum Gasteiger partial charge on any atom is -0.497 e. The number of ether oxygens (including phenoxy) is 1. The Balaban J connectivity index is 1.81. The van der Waals surface area contributed by atoms with Crippen LogP contribution in [0.1, 0.15) is 37.0 Å². The molecule has 4 rings (SSSR count). The molecule has 0 aliphatic rings. The summed E-state index contributed by atoms with van der Waals surface area (Å²) in [5.74, 6) is -0.942. The minimum absolute atomic E-state index is 0.00327. The Morgan fingerprint density at radius 2 is 1.54 bits per heavy atom. The zero-order valence-electron chi connectivity index (χ0n) is 26.5. The molecule has 2 amide bonds. The molecule has 4 aromatic carbocycles. The third kappa shape index (κ3) is 8.72. The fourth-order valence-electron chi connectivity index (χ4n) is 4.94. The lowest BCUT2D eigenvalue weighted by atomic mass is 10.0. The SMILES string of the molecule is CC[C@H](C)NC(=O)[C@H](Cc1ccccc1)N(Cc1cccc(OC)c1)C(=O)CN(c1ccc(F)cc1)S(=O)(=O)c1ccc(C)cc1. The second-order valence-electron chi connectivity index (χ2n) is 11.2. The van der Waals surface area contributed by atoms with Gasteiger partial charge in [0.15, 0.2) is 0 Å². The first-order valence-electron chi connectivity index (χ1n) is 15.1. The first kappa shape index (κ1) is 34.2. The van der Waals surface area contributed by atoms with Crippen molar-refractivity contribution in [3.63, 3.8) is 0 Å². The van der Waals surface area contributed by atoms with Crippen molar-refractivity contribution < 1.29 is 27.1 Å². The zero-order chi connectivity index (χ0) is 33.3. The average molecular weight is 646 g/mol. The van der Waals surface area contributed by atoms with E-state index in [4.69, 9.17) is 4.74 Å². The number of nitrogens with one attached hydrogen (secondary N) is 1. The first-order valence-corrected chi connectivity index (χ1v) is 16.6. The number of carbonyl (C=O) groups is 2. The number of sulfonamides is 1. The van der Waals surface area contributed by atoms with Crippen LogP contribution in [-0.4, -0.2) is 50.9 Å². The number of hydrogen-bond donors (Lipinski definition) is 1. The predicted octanol–water partition coefficient (Wildman–Crippen LogP) is 5.89. The fraction of sp³-hybridized carbons (Fsp3) is 0.278. The van der Waals surface area contributed by atoms with E-state index in [0.29, 0.717) is 17.7 Å². The van der Waals surface area contributed by atoms with Crippen LogP contribution in [0.3, 0.4) is 0 Å². The van der Waals surface area contributed by atoms with E-state index < -0.39 is 34.3 Å². The van der Waals surface area contributed by atoms with Crippen molar-refractivity contribution in [3.8, 4) is 5.75 Å². The molecule has 0 bridgehead atoms. The van der Waals surface area contributed by atoms with Crippen molar-refractivity contribution in [2.75, 3.05) is 18.0 Å². The van der Waals surface area contributed by atoms with Gasteiger partial charge in [-0.1, -0.05) is 67.1 Å². The summed E-state index contributed by atoms with van der Waals surface area (Å²) in [5, 5.41) is 3.02. The number of carbonyl (C=O) groups excluding carboxylic acids is 2. The molecule has 0 radical (unpaired) electrons. The topological polar surface area (TPSA) is 96.0 Å². The van der Waals surface area contributed by atoms with Crippen LogP contribution >= 0.6 is 0 Å². The monoisotopic (exact) mass is 645 g/mol. The highest BCUT2D eigenvalue weighted by Crippen LogP contribution is 2.26. The molecule has 8 nitrogen and oxygen atoms in total. The summed E-state index contributed by atoms with van der Waals surface area (Å²) in [6.07, 6.45) is 0.876. The van der Waals surface area contributed by atoms with E-state index >= 15 is 0 Å². The molecule has 46 heavy (non-hydrogen) atoms. The van der Waals surface area contributed by atoms with Crippen molar-refractivity contribution in [1.82, 2.24) is 10.2 Å². The number of benzene rings is 4. The van der Waals surface area contributed by atoms with E-state index in [2.05, 4.69) is 5.32 Å². The van der Waals surface area contributed by atoms with E-state index in [1.54, 1.807) is 30.3 Å². The van der Waals surface area contributed by atoms with Gasteiger partial charge in [0.1, 0.15) is 24.2 Å². The quantitative estimate of drug-likeness (QED) is 0.185. The summed E-state index contributed by atoms with van der Waals surface area (Å²) in [5.41, 5.74) is 2.50. The number of nitrogens with zero attached hydrogens (tertiary/aromatic N) is 2. The van der Waals surface area contributed by atoms with Gasteiger partial charge in [-0.2, -0.15) is 0 Å². The van der Waals surface area contributed by atoms with Gasteiger partial charge in [-0.05, 0) is 79.9 Å². The second kappa shape index (κ2) is 15.5. The van der Waals surface area contributed by atoms with Gasteiger partial charge < -0.3 is 15.0 Å². The highest BCUT2D eigenvalue weighted by atomic mass is 32.2. The molecule has 1 N–H and O–H groups in total. The van der Waals surface area contributed by atoms with Gasteiger partial charge in [-0.15, -0.1) is 0 Å². The molecule has 0 aliphatic heterocycles. The van der Waals surface area contributed by atoms with Gasteiger partial charge in [0.25, 0.3) is 10.0 Å². The lowest BCUT2D eigenvalue weighted by Crippen LogP contribution is -2.54. The second-order valence-corrected chi connectivity index (χ2v) is 13.1. The number of aryl methyl sites for hydroxylation is 1. The summed E-state index contributed by atoms with van der Waals surface area (Å²) in [7, 11) is -2.74. The molecule has 0 unspecified atom stereocenters. The summed E-state index contributed by atoms with van der Waals surface area (Å²) < 4.78 is 48.5. The third-order valence-corrected chi connectivity index (χ3v) is 9.55. The summed E-state index contributed by atoms with van der Waals surface area (Å²) >= 11 is 0. The molecule has 0 aliphatic carbocycles. The largest absolute Gasteiger partial charge is 0.497 e. The normalized spacial score (nSPS) is 12.5. The van der Waals surface area contributed by atoms with E-state index in [9.17, 15) is 22.4 Å². The minimum atomic E-state index is -4.28. The Kier molecular flexibility index (Phi) is 11.5. The predicted molar refractivity (Wildman–Crippen MR) is 177 cm³/mol. The number of anilines is 1. The maximum atomic E-state index is 14.5.